The Kier molecular flexibility index (Phi) is 5.38. The van der Waals surface area contributed by atoms with Gasteiger partial charge in [-0.05, 0) is 30.2 Å². The van der Waals surface area contributed by atoms with Gasteiger partial charge >= 0.3 is 0 Å². The van der Waals surface area contributed by atoms with Gasteiger partial charge in [0.25, 0.3) is 0 Å². The summed E-state index contributed by atoms with van der Waals surface area (Å²) in [5.41, 5.74) is 3.90. The first-order valence-corrected chi connectivity index (χ1v) is 7.90. The lowest BCUT2D eigenvalue weighted by Crippen LogP contribution is -2.15. The zero-order chi connectivity index (χ0) is 14.5. The van der Waals surface area contributed by atoms with Gasteiger partial charge in [-0.1, -0.05) is 48.8 Å². The number of aromatic nitrogens is 2. The predicted octanol–water partition coefficient (Wildman–Crippen LogP) is 3.93. The van der Waals surface area contributed by atoms with Crippen LogP contribution in [-0.2, 0) is 13.1 Å². The average Bonchev–Trinajstić information content (AvgIpc) is 2.82. The molecule has 1 heterocycles. The molecule has 3 nitrogen and oxygen atoms in total. The maximum Gasteiger partial charge on any atom is 0.0662 e. The van der Waals surface area contributed by atoms with Crippen LogP contribution < -0.4 is 5.32 Å². The molecule has 2 rings (SSSR count). The first-order valence-electron chi connectivity index (χ1n) is 7.11. The highest BCUT2D eigenvalue weighted by Gasteiger charge is 2.14. The number of nitrogens with one attached hydrogen (secondary N) is 1. The molecule has 0 unspecified atom stereocenters. The topological polar surface area (TPSA) is 29.9 Å². The summed E-state index contributed by atoms with van der Waals surface area (Å²) in [6, 6.07) is 8.43. The van der Waals surface area contributed by atoms with Crippen LogP contribution in [0.4, 0.5) is 0 Å². The Bertz CT molecular complexity index is 543. The number of hydrogen-bond acceptors (Lipinski definition) is 2. The fourth-order valence-corrected chi connectivity index (χ4v) is 2.65. The molecule has 0 aliphatic heterocycles. The van der Waals surface area contributed by atoms with Gasteiger partial charge in [0.05, 0.1) is 12.7 Å². The van der Waals surface area contributed by atoms with Crippen molar-refractivity contribution in [2.45, 2.75) is 39.8 Å². The molecule has 4 heteroatoms. The van der Waals surface area contributed by atoms with Crippen molar-refractivity contribution in [3.05, 3.63) is 51.8 Å². The molecule has 0 fully saturated rings. The molecule has 1 aromatic carbocycles. The van der Waals surface area contributed by atoms with Gasteiger partial charge < -0.3 is 5.32 Å². The number of nitrogens with zero attached hydrogens (tertiary/aromatic N) is 2. The Balaban J connectivity index is 2.22. The van der Waals surface area contributed by atoms with E-state index in [4.69, 9.17) is 0 Å². The van der Waals surface area contributed by atoms with Crippen LogP contribution in [0.25, 0.3) is 0 Å². The molecule has 0 aliphatic carbocycles. The van der Waals surface area contributed by atoms with Crippen molar-refractivity contribution in [2.24, 2.45) is 0 Å². The van der Waals surface area contributed by atoms with E-state index in [1.54, 1.807) is 0 Å². The number of hydrogen-bond donors (Lipinski definition) is 1. The summed E-state index contributed by atoms with van der Waals surface area (Å²) in [7, 11) is 0. The van der Waals surface area contributed by atoms with Gasteiger partial charge in [0, 0.05) is 22.3 Å². The second-order valence-corrected chi connectivity index (χ2v) is 6.19. The molecular formula is C16H22BrN3. The van der Waals surface area contributed by atoms with E-state index in [9.17, 15) is 0 Å². The van der Waals surface area contributed by atoms with E-state index in [1.807, 2.05) is 6.20 Å². The van der Waals surface area contributed by atoms with Gasteiger partial charge in [0.2, 0.25) is 0 Å². The summed E-state index contributed by atoms with van der Waals surface area (Å²) in [6.45, 7) is 9.28. The third-order valence-electron chi connectivity index (χ3n) is 3.32. The minimum atomic E-state index is 0.474. The summed E-state index contributed by atoms with van der Waals surface area (Å²) in [5.74, 6) is 0.474. The van der Waals surface area contributed by atoms with Crippen molar-refractivity contribution in [1.82, 2.24) is 15.1 Å². The van der Waals surface area contributed by atoms with Gasteiger partial charge in [0.15, 0.2) is 0 Å². The minimum absolute atomic E-state index is 0.474. The van der Waals surface area contributed by atoms with Crippen molar-refractivity contribution in [3.8, 4) is 0 Å². The Morgan fingerprint density at radius 2 is 1.95 bits per heavy atom. The molecule has 1 N–H and O–H groups in total. The van der Waals surface area contributed by atoms with E-state index in [2.05, 4.69) is 76.1 Å². The average molecular weight is 336 g/mol. The monoisotopic (exact) mass is 335 g/mol. The van der Waals surface area contributed by atoms with Crippen LogP contribution in [0.5, 0.6) is 0 Å². The molecule has 1 aromatic heterocycles. The molecule has 0 saturated carbocycles. The van der Waals surface area contributed by atoms with E-state index >= 15 is 0 Å². The van der Waals surface area contributed by atoms with E-state index in [0.29, 0.717) is 5.92 Å². The highest BCUT2D eigenvalue weighted by atomic mass is 79.9. The maximum absolute atomic E-state index is 4.57. The molecule has 0 saturated heterocycles. The Morgan fingerprint density at radius 3 is 2.55 bits per heavy atom. The molecule has 0 radical (unpaired) electrons. The molecular weight excluding hydrogens is 314 g/mol. The molecule has 108 valence electrons. The zero-order valence-corrected chi connectivity index (χ0v) is 13.9. The van der Waals surface area contributed by atoms with E-state index < -0.39 is 0 Å². The first kappa shape index (κ1) is 15.3. The largest absolute Gasteiger partial charge is 0.313 e. The number of halogens is 1. The molecule has 0 amide bonds. The van der Waals surface area contributed by atoms with Gasteiger partial charge in [-0.25, -0.2) is 0 Å². The fraction of sp³-hybridized carbons (Fsp3) is 0.438. The summed E-state index contributed by atoms with van der Waals surface area (Å²) in [4.78, 5) is 0. The Morgan fingerprint density at radius 1 is 1.25 bits per heavy atom. The third-order valence-corrected chi connectivity index (χ3v) is 3.85. The second kappa shape index (κ2) is 7.04. The normalized spacial score (nSPS) is 11.2. The summed E-state index contributed by atoms with van der Waals surface area (Å²) >= 11 is 3.47. The Hall–Kier alpha value is -1.13. The zero-order valence-electron chi connectivity index (χ0n) is 12.4. The second-order valence-electron chi connectivity index (χ2n) is 5.27. The summed E-state index contributed by atoms with van der Waals surface area (Å²) in [5, 5.41) is 7.96. The predicted molar refractivity (Wildman–Crippen MR) is 86.9 cm³/mol. The number of benzene rings is 1. The summed E-state index contributed by atoms with van der Waals surface area (Å²) in [6.07, 6.45) is 2.00. The molecule has 0 spiro atoms. The number of rotatable bonds is 6. The van der Waals surface area contributed by atoms with Crippen LogP contribution in [0.3, 0.4) is 0 Å². The molecule has 0 bridgehead atoms. The smallest absolute Gasteiger partial charge is 0.0662 e. The highest BCUT2D eigenvalue weighted by molar-refractivity contribution is 9.10. The van der Waals surface area contributed by atoms with Crippen LogP contribution in [0.2, 0.25) is 0 Å². The van der Waals surface area contributed by atoms with Crippen molar-refractivity contribution in [3.63, 3.8) is 0 Å². The van der Waals surface area contributed by atoms with Crippen LogP contribution in [0.15, 0.2) is 34.9 Å². The van der Waals surface area contributed by atoms with Crippen LogP contribution in [0, 0.1) is 0 Å². The van der Waals surface area contributed by atoms with Crippen molar-refractivity contribution in [1.29, 1.82) is 0 Å². The van der Waals surface area contributed by atoms with Gasteiger partial charge in [0.1, 0.15) is 0 Å². The molecule has 0 atom stereocenters. The van der Waals surface area contributed by atoms with Crippen LogP contribution in [-0.4, -0.2) is 16.3 Å². The van der Waals surface area contributed by atoms with Crippen molar-refractivity contribution < 1.29 is 0 Å². The lowest BCUT2D eigenvalue weighted by Gasteiger charge is -2.13. The van der Waals surface area contributed by atoms with Crippen molar-refractivity contribution in [2.75, 3.05) is 6.54 Å². The van der Waals surface area contributed by atoms with Crippen molar-refractivity contribution >= 4 is 15.9 Å². The Labute approximate surface area is 129 Å². The minimum Gasteiger partial charge on any atom is -0.313 e. The van der Waals surface area contributed by atoms with Gasteiger partial charge in [-0.15, -0.1) is 0 Å². The van der Waals surface area contributed by atoms with Crippen LogP contribution in [0.1, 0.15) is 43.5 Å². The lowest BCUT2D eigenvalue weighted by molar-refractivity contribution is 0.609. The molecule has 2 aromatic rings. The van der Waals surface area contributed by atoms with Crippen LogP contribution >= 0.6 is 15.9 Å². The van der Waals surface area contributed by atoms with E-state index in [0.717, 1.165) is 24.1 Å². The standard InChI is InChI=1S/C16H22BrN3/c1-4-18-9-14-10-19-20(16(14)12(2)3)11-13-5-7-15(17)8-6-13/h5-8,10,12,18H,4,9,11H2,1-3H3. The quantitative estimate of drug-likeness (QED) is 0.866. The third kappa shape index (κ3) is 3.70. The maximum atomic E-state index is 4.57. The molecule has 20 heavy (non-hydrogen) atoms. The van der Waals surface area contributed by atoms with Gasteiger partial charge in [-0.3, -0.25) is 4.68 Å². The SMILES string of the molecule is CCNCc1cnn(Cc2ccc(Br)cc2)c1C(C)C. The fourth-order valence-electron chi connectivity index (χ4n) is 2.39. The molecule has 0 aliphatic rings. The first-order chi connectivity index (χ1) is 9.61. The summed E-state index contributed by atoms with van der Waals surface area (Å²) < 4.78 is 3.24. The van der Waals surface area contributed by atoms with E-state index in [1.165, 1.54) is 16.8 Å². The van der Waals surface area contributed by atoms with Gasteiger partial charge in [-0.2, -0.15) is 5.10 Å². The van der Waals surface area contributed by atoms with E-state index in [-0.39, 0.29) is 0 Å². The lowest BCUT2D eigenvalue weighted by atomic mass is 10.1. The highest BCUT2D eigenvalue weighted by Crippen LogP contribution is 2.21.